The van der Waals surface area contributed by atoms with Gasteiger partial charge in [0.15, 0.2) is 5.69 Å². The Morgan fingerprint density at radius 2 is 1.87 bits per heavy atom. The minimum atomic E-state index is -4.36. The molecule has 0 aliphatic heterocycles. The molecule has 0 spiro atoms. The van der Waals surface area contributed by atoms with Crippen LogP contribution in [0.3, 0.4) is 0 Å². The molecular weight excluding hydrogens is 458 g/mol. The highest BCUT2D eigenvalue weighted by atomic mass is 35.5. The molecule has 0 saturated heterocycles. The standard InChI is InChI=1S/C9H12ClN3O2.C8H6ClF3.C3H8O/c1-11-7-4-6(10)5-12-8(7)9(14)13(2)15-3;1-5-2-3-7(9)6(4-5)8(10,11)12;1-2-3-4/h4-5,11H,1-3H3;2-4H,1H3;4H,2-3H2,1H3. The van der Waals surface area contributed by atoms with Gasteiger partial charge in [0.05, 0.1) is 28.4 Å². The molecule has 6 nitrogen and oxygen atoms in total. The number of aliphatic hydroxyl groups is 1. The molecule has 0 bridgehead atoms. The third kappa shape index (κ3) is 10.2. The Labute approximate surface area is 189 Å². The summed E-state index contributed by atoms with van der Waals surface area (Å²) in [6.45, 7) is 3.84. The number of aromatic nitrogens is 1. The van der Waals surface area contributed by atoms with Crippen molar-refractivity contribution in [1.29, 1.82) is 0 Å². The number of alkyl halides is 3. The zero-order chi connectivity index (χ0) is 24.2. The number of nitrogens with zero attached hydrogens (tertiary/aromatic N) is 2. The number of benzene rings is 1. The highest BCUT2D eigenvalue weighted by molar-refractivity contribution is 6.31. The number of halogens is 5. The number of nitrogens with one attached hydrogen (secondary N) is 1. The quantitative estimate of drug-likeness (QED) is 0.564. The van der Waals surface area contributed by atoms with Gasteiger partial charge in [0, 0.05) is 26.9 Å². The van der Waals surface area contributed by atoms with Crippen LogP contribution in [0.25, 0.3) is 0 Å². The maximum absolute atomic E-state index is 12.1. The fourth-order valence-electron chi connectivity index (χ4n) is 1.89. The van der Waals surface area contributed by atoms with Crippen molar-refractivity contribution in [2.24, 2.45) is 0 Å². The lowest BCUT2D eigenvalue weighted by molar-refractivity contribution is -0.137. The maximum atomic E-state index is 12.1. The Bertz CT molecular complexity index is 835. The van der Waals surface area contributed by atoms with Gasteiger partial charge in [-0.05, 0) is 31.5 Å². The van der Waals surface area contributed by atoms with E-state index in [4.69, 9.17) is 33.1 Å². The van der Waals surface area contributed by atoms with Gasteiger partial charge in [-0.1, -0.05) is 41.8 Å². The highest BCUT2D eigenvalue weighted by Crippen LogP contribution is 2.34. The number of aryl methyl sites for hydroxylation is 1. The summed E-state index contributed by atoms with van der Waals surface area (Å²) in [5, 5.41) is 12.0. The fourth-order valence-corrected chi connectivity index (χ4v) is 2.27. The second-order valence-corrected chi connectivity index (χ2v) is 6.83. The lowest BCUT2D eigenvalue weighted by Gasteiger charge is -2.15. The number of carbonyl (C=O) groups excluding carboxylic acids is 1. The average Bonchev–Trinajstić information content (AvgIpc) is 2.74. The molecule has 0 saturated carbocycles. The Morgan fingerprint density at radius 1 is 1.29 bits per heavy atom. The van der Waals surface area contributed by atoms with Crippen LogP contribution in [-0.2, 0) is 11.0 Å². The van der Waals surface area contributed by atoms with Gasteiger partial charge in [-0.2, -0.15) is 13.2 Å². The van der Waals surface area contributed by atoms with Crippen molar-refractivity contribution in [1.82, 2.24) is 10.0 Å². The van der Waals surface area contributed by atoms with Gasteiger partial charge in [0.2, 0.25) is 0 Å². The number of amides is 1. The van der Waals surface area contributed by atoms with Gasteiger partial charge in [-0.25, -0.2) is 10.0 Å². The largest absolute Gasteiger partial charge is 0.417 e. The molecule has 1 heterocycles. The molecule has 0 aliphatic rings. The van der Waals surface area contributed by atoms with Crippen molar-refractivity contribution in [3.05, 3.63) is 57.3 Å². The third-order valence-electron chi connectivity index (χ3n) is 3.54. The number of anilines is 1. The Kier molecular flexibility index (Phi) is 13.1. The van der Waals surface area contributed by atoms with E-state index in [2.05, 4.69) is 10.3 Å². The first-order chi connectivity index (χ1) is 14.4. The van der Waals surface area contributed by atoms with Gasteiger partial charge >= 0.3 is 6.18 Å². The first-order valence-electron chi connectivity index (χ1n) is 9.02. The molecule has 2 rings (SSSR count). The molecule has 2 aromatic rings. The topological polar surface area (TPSA) is 74.7 Å². The number of aliphatic hydroxyl groups excluding tert-OH is 1. The summed E-state index contributed by atoms with van der Waals surface area (Å²) in [5.74, 6) is -0.335. The molecule has 11 heteroatoms. The van der Waals surface area contributed by atoms with Gasteiger partial charge in [0.25, 0.3) is 5.91 Å². The van der Waals surface area contributed by atoms with Crippen molar-refractivity contribution in [3.63, 3.8) is 0 Å². The number of carbonyl (C=O) groups is 1. The van der Waals surface area contributed by atoms with E-state index in [1.807, 2.05) is 6.92 Å². The Balaban J connectivity index is 0.000000504. The lowest BCUT2D eigenvalue weighted by atomic mass is 10.1. The van der Waals surface area contributed by atoms with Crippen molar-refractivity contribution >= 4 is 34.8 Å². The minimum absolute atomic E-state index is 0.256. The molecule has 1 aromatic heterocycles. The van der Waals surface area contributed by atoms with Crippen LogP contribution >= 0.6 is 23.2 Å². The normalized spacial score (nSPS) is 10.3. The molecule has 1 amide bonds. The second kappa shape index (κ2) is 14.1. The smallest absolute Gasteiger partial charge is 0.396 e. The van der Waals surface area contributed by atoms with Crippen molar-refractivity contribution in [3.8, 4) is 0 Å². The van der Waals surface area contributed by atoms with E-state index in [1.165, 1.54) is 32.5 Å². The first kappa shape index (κ1) is 28.9. The summed E-state index contributed by atoms with van der Waals surface area (Å²) in [6.07, 6.45) is -2.07. The molecular formula is C20H26Cl2F3N3O3. The number of pyridine rings is 1. The van der Waals surface area contributed by atoms with Crippen LogP contribution in [0.1, 0.15) is 35.0 Å². The highest BCUT2D eigenvalue weighted by Gasteiger charge is 2.32. The predicted octanol–water partition coefficient (Wildman–Crippen LogP) is 5.47. The Hall–Kier alpha value is -2.07. The third-order valence-corrected chi connectivity index (χ3v) is 4.07. The monoisotopic (exact) mass is 483 g/mol. The molecule has 1 aromatic carbocycles. The molecule has 0 atom stereocenters. The van der Waals surface area contributed by atoms with E-state index >= 15 is 0 Å². The molecule has 0 unspecified atom stereocenters. The predicted molar refractivity (Wildman–Crippen MR) is 116 cm³/mol. The van der Waals surface area contributed by atoms with Crippen molar-refractivity contribution in [2.45, 2.75) is 26.4 Å². The molecule has 0 radical (unpaired) electrons. The first-order valence-corrected chi connectivity index (χ1v) is 9.78. The molecule has 0 aliphatic carbocycles. The van der Waals surface area contributed by atoms with Crippen LogP contribution in [0.2, 0.25) is 10.0 Å². The number of rotatable bonds is 4. The van der Waals surface area contributed by atoms with Crippen LogP contribution in [0.4, 0.5) is 18.9 Å². The van der Waals surface area contributed by atoms with Crippen LogP contribution < -0.4 is 5.32 Å². The van der Waals surface area contributed by atoms with Crippen LogP contribution in [0.5, 0.6) is 0 Å². The summed E-state index contributed by atoms with van der Waals surface area (Å²) in [4.78, 5) is 20.5. The average molecular weight is 484 g/mol. The zero-order valence-corrected chi connectivity index (χ0v) is 19.4. The number of hydroxylamine groups is 2. The van der Waals surface area contributed by atoms with Gasteiger partial charge in [0.1, 0.15) is 0 Å². The molecule has 31 heavy (non-hydrogen) atoms. The van der Waals surface area contributed by atoms with Crippen molar-refractivity contribution < 1.29 is 27.9 Å². The van der Waals surface area contributed by atoms with Crippen LogP contribution in [0, 0.1) is 6.92 Å². The molecule has 2 N–H and O–H groups in total. The number of hydrogen-bond acceptors (Lipinski definition) is 5. The second-order valence-electron chi connectivity index (χ2n) is 5.99. The van der Waals surface area contributed by atoms with E-state index in [1.54, 1.807) is 20.0 Å². The summed E-state index contributed by atoms with van der Waals surface area (Å²) in [5.41, 5.74) is 0.610. The number of hydrogen-bond donors (Lipinski definition) is 2. The van der Waals surface area contributed by atoms with E-state index < -0.39 is 11.7 Å². The van der Waals surface area contributed by atoms with Gasteiger partial charge in [-0.3, -0.25) is 9.63 Å². The summed E-state index contributed by atoms with van der Waals surface area (Å²) < 4.78 is 36.4. The van der Waals surface area contributed by atoms with E-state index in [0.717, 1.165) is 17.6 Å². The maximum Gasteiger partial charge on any atom is 0.417 e. The zero-order valence-electron chi connectivity index (χ0n) is 17.8. The summed E-state index contributed by atoms with van der Waals surface area (Å²) in [6, 6.07) is 5.45. The molecule has 0 fully saturated rings. The van der Waals surface area contributed by atoms with Crippen LogP contribution in [0.15, 0.2) is 30.5 Å². The van der Waals surface area contributed by atoms with Crippen molar-refractivity contribution in [2.75, 3.05) is 33.1 Å². The molecule has 174 valence electrons. The lowest BCUT2D eigenvalue weighted by Crippen LogP contribution is -2.27. The van der Waals surface area contributed by atoms with E-state index in [0.29, 0.717) is 22.9 Å². The van der Waals surface area contributed by atoms with E-state index in [9.17, 15) is 18.0 Å². The van der Waals surface area contributed by atoms with E-state index in [-0.39, 0.29) is 16.6 Å². The summed E-state index contributed by atoms with van der Waals surface area (Å²) in [7, 11) is 4.61. The fraction of sp³-hybridized carbons (Fsp3) is 0.400. The Morgan fingerprint density at radius 3 is 2.29 bits per heavy atom. The minimum Gasteiger partial charge on any atom is -0.396 e. The summed E-state index contributed by atoms with van der Waals surface area (Å²) >= 11 is 11.1. The van der Waals surface area contributed by atoms with Gasteiger partial charge in [-0.15, -0.1) is 0 Å². The SMILES string of the molecule is CCCO.CNc1cc(Cl)cnc1C(=O)N(C)OC.Cc1ccc(Cl)c(C(F)(F)F)c1. The van der Waals surface area contributed by atoms with Crippen LogP contribution in [-0.4, -0.2) is 48.9 Å². The van der Waals surface area contributed by atoms with Gasteiger partial charge < -0.3 is 10.4 Å².